The van der Waals surface area contributed by atoms with E-state index in [0.29, 0.717) is 6.73 Å². The first-order valence-electron chi connectivity index (χ1n) is 5.21. The lowest BCUT2D eigenvalue weighted by molar-refractivity contribution is 0.331. The van der Waals surface area contributed by atoms with Gasteiger partial charge in [0.05, 0.1) is 0 Å². The SMILES string of the molecule is CC(C)=NCOc1ccc(N2CC2)cc1. The van der Waals surface area contributed by atoms with E-state index in [9.17, 15) is 0 Å². The minimum absolute atomic E-state index is 0.408. The third-order valence-electron chi connectivity index (χ3n) is 2.26. The van der Waals surface area contributed by atoms with E-state index in [1.54, 1.807) is 0 Å². The molecule has 15 heavy (non-hydrogen) atoms. The molecule has 3 heteroatoms. The molecule has 80 valence electrons. The molecular formula is C12H16N2O. The average Bonchev–Trinajstić information content (AvgIpc) is 3.02. The van der Waals surface area contributed by atoms with Crippen molar-refractivity contribution < 1.29 is 4.74 Å². The van der Waals surface area contributed by atoms with E-state index in [1.165, 1.54) is 18.8 Å². The highest BCUT2D eigenvalue weighted by Crippen LogP contribution is 2.23. The Hall–Kier alpha value is -1.51. The van der Waals surface area contributed by atoms with E-state index in [4.69, 9.17) is 4.74 Å². The molecule has 1 heterocycles. The van der Waals surface area contributed by atoms with Crippen LogP contribution in [0.4, 0.5) is 5.69 Å². The third kappa shape index (κ3) is 2.98. The van der Waals surface area contributed by atoms with Gasteiger partial charge in [-0.15, -0.1) is 0 Å². The Morgan fingerprint density at radius 2 is 1.93 bits per heavy atom. The van der Waals surface area contributed by atoms with E-state index < -0.39 is 0 Å². The molecule has 0 aromatic heterocycles. The molecule has 1 aliphatic rings. The van der Waals surface area contributed by atoms with Crippen molar-refractivity contribution in [1.29, 1.82) is 0 Å². The fraction of sp³-hybridized carbons (Fsp3) is 0.417. The normalized spacial score (nSPS) is 13.6. The maximum absolute atomic E-state index is 5.47. The summed E-state index contributed by atoms with van der Waals surface area (Å²) in [5, 5.41) is 0. The van der Waals surface area contributed by atoms with Crippen molar-refractivity contribution in [1.82, 2.24) is 0 Å². The number of anilines is 1. The number of aliphatic imine (C=N–C) groups is 1. The van der Waals surface area contributed by atoms with Gasteiger partial charge in [0.25, 0.3) is 0 Å². The van der Waals surface area contributed by atoms with Gasteiger partial charge in [-0.2, -0.15) is 0 Å². The summed E-state index contributed by atoms with van der Waals surface area (Å²) < 4.78 is 5.47. The first-order chi connectivity index (χ1) is 7.25. The van der Waals surface area contributed by atoms with Gasteiger partial charge >= 0.3 is 0 Å². The molecule has 1 aliphatic heterocycles. The van der Waals surface area contributed by atoms with Crippen LogP contribution in [0.25, 0.3) is 0 Å². The van der Waals surface area contributed by atoms with Crippen LogP contribution in [0.2, 0.25) is 0 Å². The Bertz CT molecular complexity index is 348. The predicted octanol–water partition coefficient (Wildman–Crippen LogP) is 2.32. The van der Waals surface area contributed by atoms with Gasteiger partial charge in [-0.25, -0.2) is 0 Å². The van der Waals surface area contributed by atoms with Gasteiger partial charge in [0.15, 0.2) is 6.73 Å². The molecule has 1 aromatic rings. The largest absolute Gasteiger partial charge is 0.471 e. The second kappa shape index (κ2) is 4.34. The summed E-state index contributed by atoms with van der Waals surface area (Å²) in [7, 11) is 0. The molecule has 1 saturated heterocycles. The molecule has 0 bridgehead atoms. The van der Waals surface area contributed by atoms with Crippen molar-refractivity contribution in [3.8, 4) is 5.75 Å². The molecule has 0 saturated carbocycles. The molecule has 0 aliphatic carbocycles. The van der Waals surface area contributed by atoms with Gasteiger partial charge in [-0.3, -0.25) is 4.99 Å². The van der Waals surface area contributed by atoms with E-state index in [1.807, 2.05) is 26.0 Å². The second-order valence-corrected chi connectivity index (χ2v) is 3.86. The molecule has 2 rings (SSSR count). The van der Waals surface area contributed by atoms with Gasteiger partial charge in [0, 0.05) is 24.5 Å². The van der Waals surface area contributed by atoms with Crippen LogP contribution in [0.3, 0.4) is 0 Å². The van der Waals surface area contributed by atoms with Gasteiger partial charge < -0.3 is 9.64 Å². The predicted molar refractivity (Wildman–Crippen MR) is 62.9 cm³/mol. The molecule has 0 atom stereocenters. The molecule has 0 amide bonds. The van der Waals surface area contributed by atoms with Crippen molar-refractivity contribution >= 4 is 11.4 Å². The highest BCUT2D eigenvalue weighted by atomic mass is 16.5. The third-order valence-corrected chi connectivity index (χ3v) is 2.26. The summed E-state index contributed by atoms with van der Waals surface area (Å²) in [6.07, 6.45) is 0. The van der Waals surface area contributed by atoms with Crippen LogP contribution in [-0.4, -0.2) is 25.5 Å². The molecule has 1 fully saturated rings. The van der Waals surface area contributed by atoms with Crippen LogP contribution in [0.1, 0.15) is 13.8 Å². The van der Waals surface area contributed by atoms with Crippen LogP contribution in [0, 0.1) is 0 Å². The minimum atomic E-state index is 0.408. The van der Waals surface area contributed by atoms with E-state index >= 15 is 0 Å². The molecule has 1 aromatic carbocycles. The summed E-state index contributed by atoms with van der Waals surface area (Å²) in [6.45, 7) is 6.70. The lowest BCUT2D eigenvalue weighted by Crippen LogP contribution is -1.97. The van der Waals surface area contributed by atoms with Gasteiger partial charge in [-0.05, 0) is 38.1 Å². The van der Waals surface area contributed by atoms with Crippen LogP contribution in [0.5, 0.6) is 5.75 Å². The average molecular weight is 204 g/mol. The number of nitrogens with zero attached hydrogens (tertiary/aromatic N) is 2. The Morgan fingerprint density at radius 1 is 1.27 bits per heavy atom. The fourth-order valence-electron chi connectivity index (χ4n) is 1.30. The molecule has 0 spiro atoms. The van der Waals surface area contributed by atoms with Gasteiger partial charge in [-0.1, -0.05) is 0 Å². The number of hydrogen-bond donors (Lipinski definition) is 0. The minimum Gasteiger partial charge on any atom is -0.471 e. The van der Waals surface area contributed by atoms with Crippen LogP contribution in [0.15, 0.2) is 29.3 Å². The van der Waals surface area contributed by atoms with Crippen LogP contribution in [-0.2, 0) is 0 Å². The van der Waals surface area contributed by atoms with E-state index in [0.717, 1.165) is 11.5 Å². The lowest BCUT2D eigenvalue weighted by atomic mass is 10.3. The standard InChI is InChI=1S/C12H16N2O/c1-10(2)13-9-15-12-5-3-11(4-6-12)14-7-8-14/h3-6H,7-9H2,1-2H3. The fourth-order valence-corrected chi connectivity index (χ4v) is 1.30. The maximum Gasteiger partial charge on any atom is 0.178 e. The molecular weight excluding hydrogens is 188 g/mol. The van der Waals surface area contributed by atoms with Crippen molar-refractivity contribution in [2.24, 2.45) is 4.99 Å². The first kappa shape index (κ1) is 10.0. The Morgan fingerprint density at radius 3 is 2.47 bits per heavy atom. The molecule has 0 unspecified atom stereocenters. The Labute approximate surface area is 90.4 Å². The quantitative estimate of drug-likeness (QED) is 0.555. The number of hydrogen-bond acceptors (Lipinski definition) is 3. The molecule has 0 N–H and O–H groups in total. The highest BCUT2D eigenvalue weighted by molar-refractivity contribution is 5.78. The molecule has 0 radical (unpaired) electrons. The van der Waals surface area contributed by atoms with Crippen molar-refractivity contribution in [2.75, 3.05) is 24.7 Å². The summed E-state index contributed by atoms with van der Waals surface area (Å²) >= 11 is 0. The summed E-state index contributed by atoms with van der Waals surface area (Å²) in [5.41, 5.74) is 2.31. The monoisotopic (exact) mass is 204 g/mol. The van der Waals surface area contributed by atoms with Crippen molar-refractivity contribution in [2.45, 2.75) is 13.8 Å². The number of rotatable bonds is 4. The maximum atomic E-state index is 5.47. The zero-order chi connectivity index (χ0) is 10.7. The zero-order valence-electron chi connectivity index (χ0n) is 9.23. The topological polar surface area (TPSA) is 24.6 Å². The second-order valence-electron chi connectivity index (χ2n) is 3.86. The Kier molecular flexibility index (Phi) is 2.90. The Balaban J connectivity index is 1.89. The zero-order valence-corrected chi connectivity index (χ0v) is 9.23. The van der Waals surface area contributed by atoms with Gasteiger partial charge in [0.1, 0.15) is 5.75 Å². The van der Waals surface area contributed by atoms with Crippen LogP contribution < -0.4 is 9.64 Å². The summed E-state index contributed by atoms with van der Waals surface area (Å²) in [6, 6.07) is 8.16. The molecule has 3 nitrogen and oxygen atoms in total. The summed E-state index contributed by atoms with van der Waals surface area (Å²) in [5.74, 6) is 0.880. The summed E-state index contributed by atoms with van der Waals surface area (Å²) in [4.78, 5) is 6.48. The first-order valence-corrected chi connectivity index (χ1v) is 5.21. The van der Waals surface area contributed by atoms with E-state index in [2.05, 4.69) is 22.0 Å². The smallest absolute Gasteiger partial charge is 0.178 e. The van der Waals surface area contributed by atoms with E-state index in [-0.39, 0.29) is 0 Å². The van der Waals surface area contributed by atoms with Crippen molar-refractivity contribution in [3.63, 3.8) is 0 Å². The highest BCUT2D eigenvalue weighted by Gasteiger charge is 2.16. The number of benzene rings is 1. The number of ether oxygens (including phenoxy) is 1. The van der Waals surface area contributed by atoms with Gasteiger partial charge in [0.2, 0.25) is 0 Å². The lowest BCUT2D eigenvalue weighted by Gasteiger charge is -2.05. The van der Waals surface area contributed by atoms with Crippen LogP contribution >= 0.6 is 0 Å². The van der Waals surface area contributed by atoms with Crippen molar-refractivity contribution in [3.05, 3.63) is 24.3 Å².